The van der Waals surface area contributed by atoms with E-state index in [1.807, 2.05) is 0 Å². The lowest BCUT2D eigenvalue weighted by atomic mass is 9.44. The monoisotopic (exact) mass is 775 g/mol. The van der Waals surface area contributed by atoms with Crippen LogP contribution >= 0.6 is 0 Å². The SMILES string of the molecule is CC(=O)O[C@H]1C(=O)[C@@]2(C)C(C(OC(=O)c3ccccc3)[C@]3(O)C[C@H](OC(=O)[C@H](O)[C@@H](N=[N+]=[N-])c4ccccc4)C(C)=C1C3(C)C)[C@]1(OC(C)=O)CO[C@@H]1C[C@@H]2O. The third-order valence-corrected chi connectivity index (χ3v) is 12.3. The zero-order valence-corrected chi connectivity index (χ0v) is 31.8. The van der Waals surface area contributed by atoms with Crippen LogP contribution in [0.2, 0.25) is 0 Å². The van der Waals surface area contributed by atoms with Crippen molar-refractivity contribution in [3.05, 3.63) is 93.4 Å². The van der Waals surface area contributed by atoms with Gasteiger partial charge in [-0.1, -0.05) is 67.5 Å². The van der Waals surface area contributed by atoms with Crippen molar-refractivity contribution >= 4 is 29.7 Å². The Kier molecular flexibility index (Phi) is 10.7. The molecule has 3 fully saturated rings. The number of hydrogen-bond donors (Lipinski definition) is 3. The highest BCUT2D eigenvalue weighted by molar-refractivity contribution is 5.95. The van der Waals surface area contributed by atoms with Gasteiger partial charge in [0.05, 0.1) is 35.6 Å². The number of aliphatic hydroxyl groups excluding tert-OH is 2. The molecule has 2 aromatic carbocycles. The first-order valence-electron chi connectivity index (χ1n) is 18.2. The van der Waals surface area contributed by atoms with Crippen LogP contribution in [0.4, 0.5) is 0 Å². The molecule has 1 aliphatic heterocycles. The molecule has 2 aromatic rings. The van der Waals surface area contributed by atoms with Gasteiger partial charge in [-0.2, -0.15) is 0 Å². The molecule has 16 nitrogen and oxygen atoms in total. The van der Waals surface area contributed by atoms with Gasteiger partial charge in [0.1, 0.15) is 23.9 Å². The molecule has 0 spiro atoms. The number of azide groups is 1. The van der Waals surface area contributed by atoms with Crippen LogP contribution in [0.25, 0.3) is 10.4 Å². The number of nitrogens with zero attached hydrogens (tertiary/aromatic N) is 3. The Labute approximate surface area is 322 Å². The maximum Gasteiger partial charge on any atom is 0.338 e. The van der Waals surface area contributed by atoms with E-state index >= 15 is 4.79 Å². The number of rotatable bonds is 9. The summed E-state index contributed by atoms with van der Waals surface area (Å²) in [7, 11) is 0. The van der Waals surface area contributed by atoms with Gasteiger partial charge in [0.25, 0.3) is 0 Å². The summed E-state index contributed by atoms with van der Waals surface area (Å²) in [5, 5.41) is 40.4. The zero-order chi connectivity index (χ0) is 41.0. The minimum absolute atomic E-state index is 0.00505. The van der Waals surface area contributed by atoms with Crippen molar-refractivity contribution in [2.45, 2.75) is 108 Å². The number of ether oxygens (including phenoxy) is 5. The number of esters is 4. The molecular formula is C40H45N3O13. The Morgan fingerprint density at radius 3 is 2.14 bits per heavy atom. The van der Waals surface area contributed by atoms with Crippen LogP contribution in [0.5, 0.6) is 0 Å². The molecule has 3 N–H and O–H groups in total. The number of Topliss-reactive ketones (excluding diaryl/α,β-unsaturated/α-hetero) is 1. The Bertz CT molecular complexity index is 2000. The Balaban J connectivity index is 1.58. The van der Waals surface area contributed by atoms with Gasteiger partial charge in [0.15, 0.2) is 23.6 Å². The van der Waals surface area contributed by atoms with E-state index in [2.05, 4.69) is 10.0 Å². The van der Waals surface area contributed by atoms with E-state index in [1.165, 1.54) is 26.0 Å². The second-order valence-electron chi connectivity index (χ2n) is 15.7. The van der Waals surface area contributed by atoms with Crippen LogP contribution in [0, 0.1) is 16.7 Å². The summed E-state index contributed by atoms with van der Waals surface area (Å²) >= 11 is 0. The first-order chi connectivity index (χ1) is 26.3. The fourth-order valence-corrected chi connectivity index (χ4v) is 9.37. The summed E-state index contributed by atoms with van der Waals surface area (Å²) in [6.07, 6.45) is -10.5. The molecule has 2 saturated carbocycles. The third-order valence-electron chi connectivity index (χ3n) is 12.3. The number of ketones is 1. The first-order valence-corrected chi connectivity index (χ1v) is 18.2. The summed E-state index contributed by atoms with van der Waals surface area (Å²) in [6.45, 7) is 7.92. The van der Waals surface area contributed by atoms with Crippen molar-refractivity contribution < 1.29 is 63.0 Å². The molecule has 2 unspecified atom stereocenters. The maximum atomic E-state index is 15.3. The van der Waals surface area contributed by atoms with Gasteiger partial charge in [-0.15, -0.1) is 0 Å². The summed E-state index contributed by atoms with van der Waals surface area (Å²) in [5.41, 5.74) is 2.01. The minimum atomic E-state index is -2.37. The Morgan fingerprint density at radius 2 is 1.59 bits per heavy atom. The van der Waals surface area contributed by atoms with Crippen molar-refractivity contribution in [1.29, 1.82) is 0 Å². The van der Waals surface area contributed by atoms with E-state index in [4.69, 9.17) is 23.7 Å². The predicted molar refractivity (Wildman–Crippen MR) is 193 cm³/mol. The molecule has 3 aliphatic carbocycles. The van der Waals surface area contributed by atoms with E-state index in [-0.39, 0.29) is 29.7 Å². The third kappa shape index (κ3) is 6.35. The first kappa shape index (κ1) is 40.5. The Hall–Kier alpha value is -5.12. The van der Waals surface area contributed by atoms with Gasteiger partial charge in [0, 0.05) is 37.0 Å². The van der Waals surface area contributed by atoms with Crippen molar-refractivity contribution in [2.24, 2.45) is 21.9 Å². The number of fused-ring (bicyclic) bond motifs is 5. The topological polar surface area (TPSA) is 241 Å². The van der Waals surface area contributed by atoms with Crippen LogP contribution < -0.4 is 0 Å². The minimum Gasteiger partial charge on any atom is -0.456 e. The standard InChI is InChI=1S/C40H45N3O13/c1-20-25(54-36(50)30(47)29(42-43-41)23-13-9-7-10-14-23)18-40(51)34(55-35(49)24-15-11-8-12-16-24)32-38(6,26(46)17-27-39(32,19-52-27)56-22(3)45)33(48)31(53-21(2)44)28(20)37(40,4)5/h7-16,25-27,29-32,34,46-47,51H,17-19H2,1-6H3/t25-,26-,27+,29-,30+,31+,32?,34?,38+,39-,40+/m0/s1. The summed E-state index contributed by atoms with van der Waals surface area (Å²) in [4.78, 5) is 71.8. The lowest BCUT2D eigenvalue weighted by molar-refractivity contribution is -0.346. The lowest BCUT2D eigenvalue weighted by Gasteiger charge is -2.67. The largest absolute Gasteiger partial charge is 0.456 e. The van der Waals surface area contributed by atoms with Gasteiger partial charge in [-0.05, 0) is 48.2 Å². The van der Waals surface area contributed by atoms with E-state index in [1.54, 1.807) is 62.4 Å². The molecule has 1 heterocycles. The maximum absolute atomic E-state index is 15.3. The molecule has 1 saturated heterocycles. The van der Waals surface area contributed by atoms with Crippen molar-refractivity contribution in [1.82, 2.24) is 0 Å². The highest BCUT2D eigenvalue weighted by Crippen LogP contribution is 2.64. The summed E-state index contributed by atoms with van der Waals surface area (Å²) < 4.78 is 29.9. The average molecular weight is 776 g/mol. The van der Waals surface area contributed by atoms with Crippen LogP contribution in [0.1, 0.15) is 76.3 Å². The lowest BCUT2D eigenvalue weighted by Crippen LogP contribution is -2.82. The number of benzene rings is 2. The predicted octanol–water partition coefficient (Wildman–Crippen LogP) is 3.62. The normalized spacial score (nSPS) is 34.0. The Morgan fingerprint density at radius 1 is 0.964 bits per heavy atom. The van der Waals surface area contributed by atoms with E-state index in [0.717, 1.165) is 13.8 Å². The van der Waals surface area contributed by atoms with E-state index in [9.17, 15) is 40.0 Å². The summed E-state index contributed by atoms with van der Waals surface area (Å²) in [6, 6.07) is 14.4. The molecule has 6 rings (SSSR count). The zero-order valence-electron chi connectivity index (χ0n) is 31.8. The number of carbonyl (C=O) groups is 5. The van der Waals surface area contributed by atoms with Crippen LogP contribution in [-0.2, 0) is 42.9 Å². The summed E-state index contributed by atoms with van der Waals surface area (Å²) in [5.74, 6) is -6.26. The number of carbonyl (C=O) groups excluding carboxylic acids is 5. The molecule has 0 amide bonds. The molecule has 4 aliphatic rings. The van der Waals surface area contributed by atoms with Gasteiger partial charge in [0.2, 0.25) is 0 Å². The highest BCUT2D eigenvalue weighted by Gasteiger charge is 2.78. The molecule has 11 atom stereocenters. The van der Waals surface area contributed by atoms with Crippen LogP contribution in [-0.4, -0.2) is 99.4 Å². The molecule has 16 heteroatoms. The molecule has 56 heavy (non-hydrogen) atoms. The molecule has 0 aromatic heterocycles. The van der Waals surface area contributed by atoms with Crippen molar-refractivity contribution in [3.63, 3.8) is 0 Å². The van der Waals surface area contributed by atoms with Crippen LogP contribution in [0.3, 0.4) is 0 Å². The number of aliphatic hydroxyl groups is 3. The average Bonchev–Trinajstić information content (AvgIpc) is 3.15. The second-order valence-corrected chi connectivity index (χ2v) is 15.7. The van der Waals surface area contributed by atoms with Gasteiger partial charge < -0.3 is 39.0 Å². The number of hydrogen-bond acceptors (Lipinski definition) is 14. The van der Waals surface area contributed by atoms with Gasteiger partial charge in [-0.25, -0.2) is 9.59 Å². The smallest absolute Gasteiger partial charge is 0.338 e. The van der Waals surface area contributed by atoms with Crippen molar-refractivity contribution in [2.75, 3.05) is 6.61 Å². The highest BCUT2D eigenvalue weighted by atomic mass is 16.6. The molecular weight excluding hydrogens is 730 g/mol. The van der Waals surface area contributed by atoms with E-state index < -0.39 is 107 Å². The fraction of sp³-hybridized carbons (Fsp3) is 0.525. The van der Waals surface area contributed by atoms with Gasteiger partial charge >= 0.3 is 23.9 Å². The quantitative estimate of drug-likeness (QED) is 0.0825. The van der Waals surface area contributed by atoms with Gasteiger partial charge in [-0.3, -0.25) is 14.4 Å². The molecule has 298 valence electrons. The fourth-order valence-electron chi connectivity index (χ4n) is 9.37. The molecule has 0 radical (unpaired) electrons. The molecule has 2 bridgehead atoms. The second kappa shape index (κ2) is 14.8. The van der Waals surface area contributed by atoms with Crippen molar-refractivity contribution in [3.8, 4) is 0 Å². The van der Waals surface area contributed by atoms with Crippen LogP contribution in [0.15, 0.2) is 76.9 Å². The van der Waals surface area contributed by atoms with E-state index in [0.29, 0.717) is 5.56 Å².